The van der Waals surface area contributed by atoms with Crippen molar-refractivity contribution in [1.29, 1.82) is 0 Å². The number of hydrogen-bond donors (Lipinski definition) is 1. The average molecular weight is 224 g/mol. The first-order valence-corrected chi connectivity index (χ1v) is 5.74. The Hall–Kier alpha value is -1.09. The van der Waals surface area contributed by atoms with Crippen molar-refractivity contribution in [1.82, 2.24) is 0 Å². The van der Waals surface area contributed by atoms with Crippen molar-refractivity contribution in [3.05, 3.63) is 29.6 Å². The second-order valence-electron chi connectivity index (χ2n) is 4.38. The maximum Gasteiger partial charge on any atom is 0.165 e. The van der Waals surface area contributed by atoms with Gasteiger partial charge in [-0.1, -0.05) is 18.9 Å². The van der Waals surface area contributed by atoms with E-state index in [-0.39, 0.29) is 11.7 Å². The van der Waals surface area contributed by atoms with Crippen LogP contribution in [0.5, 0.6) is 5.75 Å². The molecule has 1 N–H and O–H groups in total. The lowest BCUT2D eigenvalue weighted by molar-refractivity contribution is 0.111. The Kier molecular flexibility index (Phi) is 3.44. The van der Waals surface area contributed by atoms with E-state index in [2.05, 4.69) is 0 Å². The van der Waals surface area contributed by atoms with Crippen molar-refractivity contribution >= 4 is 0 Å². The molecule has 0 saturated heterocycles. The van der Waals surface area contributed by atoms with Crippen LogP contribution < -0.4 is 4.74 Å². The summed E-state index contributed by atoms with van der Waals surface area (Å²) in [7, 11) is 1.44. The number of methoxy groups -OCH3 is 1. The SMILES string of the molecule is COc1ccc(C(O)C2CCCC2)cc1F. The molecule has 0 bridgehead atoms. The summed E-state index contributed by atoms with van der Waals surface area (Å²) in [6.07, 6.45) is 3.87. The van der Waals surface area contributed by atoms with Gasteiger partial charge >= 0.3 is 0 Å². The van der Waals surface area contributed by atoms with E-state index in [1.807, 2.05) is 0 Å². The Morgan fingerprint density at radius 2 is 2.06 bits per heavy atom. The zero-order valence-electron chi connectivity index (χ0n) is 9.45. The van der Waals surface area contributed by atoms with Crippen molar-refractivity contribution < 1.29 is 14.2 Å². The average Bonchev–Trinajstić information content (AvgIpc) is 2.81. The van der Waals surface area contributed by atoms with Gasteiger partial charge in [0.15, 0.2) is 11.6 Å². The van der Waals surface area contributed by atoms with Gasteiger partial charge in [0.05, 0.1) is 13.2 Å². The number of rotatable bonds is 3. The minimum atomic E-state index is -0.539. The second-order valence-corrected chi connectivity index (χ2v) is 4.38. The summed E-state index contributed by atoms with van der Waals surface area (Å²) in [5.41, 5.74) is 0.658. The van der Waals surface area contributed by atoms with Gasteiger partial charge in [0, 0.05) is 0 Å². The van der Waals surface area contributed by atoms with Crippen LogP contribution in [0.25, 0.3) is 0 Å². The third kappa shape index (κ3) is 2.19. The molecule has 1 saturated carbocycles. The number of hydrogen-bond acceptors (Lipinski definition) is 2. The quantitative estimate of drug-likeness (QED) is 0.855. The maximum absolute atomic E-state index is 13.5. The molecule has 2 nitrogen and oxygen atoms in total. The van der Waals surface area contributed by atoms with E-state index in [0.717, 1.165) is 12.8 Å². The first-order valence-electron chi connectivity index (χ1n) is 5.74. The molecule has 2 rings (SSSR count). The normalized spacial score (nSPS) is 18.7. The third-order valence-corrected chi connectivity index (χ3v) is 3.36. The van der Waals surface area contributed by atoms with Crippen LogP contribution in [-0.2, 0) is 0 Å². The summed E-state index contributed by atoms with van der Waals surface area (Å²) < 4.78 is 18.3. The summed E-state index contributed by atoms with van der Waals surface area (Å²) >= 11 is 0. The van der Waals surface area contributed by atoms with Crippen LogP contribution in [0.1, 0.15) is 37.4 Å². The van der Waals surface area contributed by atoms with Gasteiger partial charge in [0.2, 0.25) is 0 Å². The highest BCUT2D eigenvalue weighted by Crippen LogP contribution is 2.36. The van der Waals surface area contributed by atoms with Gasteiger partial charge in [-0.25, -0.2) is 4.39 Å². The second kappa shape index (κ2) is 4.83. The molecule has 3 heteroatoms. The minimum absolute atomic E-state index is 0.224. The number of aliphatic hydroxyl groups excluding tert-OH is 1. The molecule has 0 aliphatic heterocycles. The van der Waals surface area contributed by atoms with Crippen LogP contribution in [0, 0.1) is 11.7 Å². The summed E-state index contributed by atoms with van der Waals surface area (Å²) in [5.74, 6) is 0.104. The van der Waals surface area contributed by atoms with Crippen LogP contribution >= 0.6 is 0 Å². The van der Waals surface area contributed by atoms with Gasteiger partial charge < -0.3 is 9.84 Å². The fraction of sp³-hybridized carbons (Fsp3) is 0.538. The number of ether oxygens (including phenoxy) is 1. The van der Waals surface area contributed by atoms with Crippen molar-refractivity contribution in [3.63, 3.8) is 0 Å². The molecule has 1 atom stereocenters. The van der Waals surface area contributed by atoms with Crippen molar-refractivity contribution in [2.45, 2.75) is 31.8 Å². The molecule has 88 valence electrons. The number of halogens is 1. The van der Waals surface area contributed by atoms with Gasteiger partial charge in [0.25, 0.3) is 0 Å². The molecular weight excluding hydrogens is 207 g/mol. The Labute approximate surface area is 95.1 Å². The maximum atomic E-state index is 13.5. The van der Waals surface area contributed by atoms with Gasteiger partial charge in [-0.3, -0.25) is 0 Å². The Morgan fingerprint density at radius 3 is 2.62 bits per heavy atom. The molecule has 1 aromatic rings. The Morgan fingerprint density at radius 1 is 1.38 bits per heavy atom. The summed E-state index contributed by atoms with van der Waals surface area (Å²) in [4.78, 5) is 0. The first-order chi connectivity index (χ1) is 7.72. The fourth-order valence-corrected chi connectivity index (χ4v) is 2.41. The zero-order valence-corrected chi connectivity index (χ0v) is 9.45. The van der Waals surface area contributed by atoms with Crippen LogP contribution in [-0.4, -0.2) is 12.2 Å². The van der Waals surface area contributed by atoms with Crippen molar-refractivity contribution in [2.24, 2.45) is 5.92 Å². The summed E-state index contributed by atoms with van der Waals surface area (Å²) in [6.45, 7) is 0. The number of benzene rings is 1. The molecule has 1 aromatic carbocycles. The van der Waals surface area contributed by atoms with Crippen LogP contribution in [0.15, 0.2) is 18.2 Å². The van der Waals surface area contributed by atoms with E-state index >= 15 is 0 Å². The highest BCUT2D eigenvalue weighted by atomic mass is 19.1. The van der Waals surface area contributed by atoms with E-state index < -0.39 is 11.9 Å². The third-order valence-electron chi connectivity index (χ3n) is 3.36. The van der Waals surface area contributed by atoms with Crippen LogP contribution in [0.2, 0.25) is 0 Å². The molecule has 1 unspecified atom stereocenters. The minimum Gasteiger partial charge on any atom is -0.494 e. The molecule has 0 spiro atoms. The standard InChI is InChI=1S/C13H17FO2/c1-16-12-7-6-10(8-11(12)14)13(15)9-4-2-3-5-9/h6-9,13,15H,2-5H2,1H3. The molecule has 0 radical (unpaired) electrons. The Bertz CT molecular complexity index is 359. The molecule has 0 aromatic heterocycles. The van der Waals surface area contributed by atoms with E-state index in [0.29, 0.717) is 5.56 Å². The van der Waals surface area contributed by atoms with E-state index in [4.69, 9.17) is 4.74 Å². The molecular formula is C13H17FO2. The Balaban J connectivity index is 2.16. The zero-order chi connectivity index (χ0) is 11.5. The van der Waals surface area contributed by atoms with E-state index in [1.54, 1.807) is 12.1 Å². The molecule has 1 aliphatic carbocycles. The highest BCUT2D eigenvalue weighted by molar-refractivity contribution is 5.30. The molecule has 0 amide bonds. The van der Waals surface area contributed by atoms with Crippen LogP contribution in [0.3, 0.4) is 0 Å². The number of aliphatic hydroxyl groups is 1. The lowest BCUT2D eigenvalue weighted by Crippen LogP contribution is -2.09. The summed E-state index contributed by atoms with van der Waals surface area (Å²) in [6, 6.07) is 4.69. The highest BCUT2D eigenvalue weighted by Gasteiger charge is 2.24. The predicted octanol–water partition coefficient (Wildman–Crippen LogP) is 3.06. The van der Waals surface area contributed by atoms with Gasteiger partial charge in [-0.15, -0.1) is 0 Å². The molecule has 16 heavy (non-hydrogen) atoms. The van der Waals surface area contributed by atoms with Crippen molar-refractivity contribution in [2.75, 3.05) is 7.11 Å². The van der Waals surface area contributed by atoms with E-state index in [1.165, 1.54) is 26.0 Å². The lowest BCUT2D eigenvalue weighted by atomic mass is 9.94. The molecule has 1 aliphatic rings. The van der Waals surface area contributed by atoms with E-state index in [9.17, 15) is 9.50 Å². The largest absolute Gasteiger partial charge is 0.494 e. The van der Waals surface area contributed by atoms with Gasteiger partial charge in [-0.05, 0) is 36.5 Å². The smallest absolute Gasteiger partial charge is 0.165 e. The van der Waals surface area contributed by atoms with Gasteiger partial charge in [0.1, 0.15) is 0 Å². The summed E-state index contributed by atoms with van der Waals surface area (Å²) in [5, 5.41) is 10.1. The predicted molar refractivity (Wildman–Crippen MR) is 59.9 cm³/mol. The molecule has 1 fully saturated rings. The topological polar surface area (TPSA) is 29.5 Å². The fourth-order valence-electron chi connectivity index (χ4n) is 2.41. The first kappa shape index (κ1) is 11.4. The van der Waals surface area contributed by atoms with Crippen LogP contribution in [0.4, 0.5) is 4.39 Å². The lowest BCUT2D eigenvalue weighted by Gasteiger charge is -2.18. The van der Waals surface area contributed by atoms with Gasteiger partial charge in [-0.2, -0.15) is 0 Å². The monoisotopic (exact) mass is 224 g/mol. The van der Waals surface area contributed by atoms with Crippen molar-refractivity contribution in [3.8, 4) is 5.75 Å². The molecule has 0 heterocycles.